The zero-order valence-corrected chi connectivity index (χ0v) is 11.7. The molecule has 0 unspecified atom stereocenters. The maximum atomic E-state index is 12.7. The molecule has 0 aliphatic rings. The molecule has 0 atom stereocenters. The smallest absolute Gasteiger partial charge is 0.318 e. The van der Waals surface area contributed by atoms with Gasteiger partial charge in [0, 0.05) is 12.7 Å². The maximum absolute atomic E-state index is 12.7. The summed E-state index contributed by atoms with van der Waals surface area (Å²) < 4.78 is 12.7. The highest BCUT2D eigenvalue weighted by molar-refractivity contribution is 5.74. The van der Waals surface area contributed by atoms with Crippen LogP contribution in [0.1, 0.15) is 26.3 Å². The van der Waals surface area contributed by atoms with Crippen molar-refractivity contribution in [2.24, 2.45) is 5.92 Å². The summed E-state index contributed by atoms with van der Waals surface area (Å²) >= 11 is 0. The van der Waals surface area contributed by atoms with Crippen molar-refractivity contribution in [2.45, 2.75) is 27.2 Å². The van der Waals surface area contributed by atoms with Gasteiger partial charge in [-0.05, 0) is 37.0 Å². The Bertz CT molecular complexity index is 438. The average molecular weight is 264 g/mol. The molecule has 0 fully saturated rings. The summed E-state index contributed by atoms with van der Waals surface area (Å²) in [5, 5.41) is 5.44. The van der Waals surface area contributed by atoms with Crippen molar-refractivity contribution in [3.8, 4) is 0 Å². The molecule has 0 aliphatic heterocycles. The average Bonchev–Trinajstić information content (AvgIpc) is 2.38. The van der Waals surface area contributed by atoms with E-state index in [2.05, 4.69) is 24.5 Å². The zero-order chi connectivity index (χ0) is 14.3. The van der Waals surface area contributed by atoms with E-state index in [0.717, 1.165) is 11.1 Å². The second-order valence-corrected chi connectivity index (χ2v) is 4.82. The van der Waals surface area contributed by atoms with Crippen molar-refractivity contribution in [2.75, 3.05) is 6.54 Å². The van der Waals surface area contributed by atoms with E-state index in [4.69, 9.17) is 0 Å². The van der Waals surface area contributed by atoms with Crippen molar-refractivity contribution in [1.29, 1.82) is 0 Å². The molecule has 0 heterocycles. The first-order valence-electron chi connectivity index (χ1n) is 6.44. The van der Waals surface area contributed by atoms with Crippen molar-refractivity contribution < 1.29 is 9.18 Å². The lowest BCUT2D eigenvalue weighted by molar-refractivity contribution is 0.244. The Labute approximate surface area is 113 Å². The molecule has 2 N–H and O–H groups in total. The van der Waals surface area contributed by atoms with Crippen LogP contribution in [0.15, 0.2) is 36.0 Å². The molecule has 3 nitrogen and oxygen atoms in total. The highest BCUT2D eigenvalue weighted by Crippen LogP contribution is 2.05. The fourth-order valence-electron chi connectivity index (χ4n) is 1.37. The third-order valence-corrected chi connectivity index (χ3v) is 2.95. The Balaban J connectivity index is 2.27. The number of nitrogens with one attached hydrogen (secondary N) is 2. The number of allylic oxidation sites excluding steroid dienone is 1. The SMILES string of the molecule is C/C(=C\NC(=O)NCCc1ccc(F)cc1)C(C)C. The maximum Gasteiger partial charge on any atom is 0.318 e. The zero-order valence-electron chi connectivity index (χ0n) is 11.7. The van der Waals surface area contributed by atoms with Crippen LogP contribution in [0.2, 0.25) is 0 Å². The van der Waals surface area contributed by atoms with Crippen molar-refractivity contribution >= 4 is 6.03 Å². The number of amides is 2. The first-order chi connectivity index (χ1) is 8.99. The molecule has 0 aliphatic carbocycles. The van der Waals surface area contributed by atoms with Gasteiger partial charge in [-0.2, -0.15) is 0 Å². The molecule has 1 aromatic rings. The fourth-order valence-corrected chi connectivity index (χ4v) is 1.37. The number of carbonyl (C=O) groups is 1. The fraction of sp³-hybridized carbons (Fsp3) is 0.400. The molecule has 4 heteroatoms. The Morgan fingerprint density at radius 3 is 2.53 bits per heavy atom. The Hall–Kier alpha value is -1.84. The van der Waals surface area contributed by atoms with Crippen molar-refractivity contribution in [1.82, 2.24) is 10.6 Å². The quantitative estimate of drug-likeness (QED) is 0.842. The van der Waals surface area contributed by atoms with E-state index in [0.29, 0.717) is 18.9 Å². The van der Waals surface area contributed by atoms with Gasteiger partial charge in [-0.1, -0.05) is 31.6 Å². The Morgan fingerprint density at radius 1 is 1.32 bits per heavy atom. The van der Waals surface area contributed by atoms with Gasteiger partial charge in [-0.25, -0.2) is 9.18 Å². The number of rotatable bonds is 5. The summed E-state index contributed by atoms with van der Waals surface area (Å²) in [5.41, 5.74) is 2.12. The second-order valence-electron chi connectivity index (χ2n) is 4.82. The molecule has 1 rings (SSSR count). The van der Waals surface area contributed by atoms with Gasteiger partial charge in [0.25, 0.3) is 0 Å². The molecule has 0 bridgehead atoms. The number of halogens is 1. The molecule has 2 amide bonds. The van der Waals surface area contributed by atoms with Crippen molar-refractivity contribution in [3.05, 3.63) is 47.4 Å². The standard InChI is InChI=1S/C15H21FN2O/c1-11(2)12(3)10-18-15(19)17-9-8-13-4-6-14(16)7-5-13/h4-7,10-11H,8-9H2,1-3H3,(H2,17,18,19)/b12-10+. The predicted molar refractivity (Wildman–Crippen MR) is 75.2 cm³/mol. The molecule has 104 valence electrons. The Kier molecular flexibility index (Phi) is 6.06. The molecule has 1 aromatic carbocycles. The highest BCUT2D eigenvalue weighted by atomic mass is 19.1. The number of hydrogen-bond acceptors (Lipinski definition) is 1. The number of benzene rings is 1. The van der Waals surface area contributed by atoms with Crippen LogP contribution in [-0.2, 0) is 6.42 Å². The topological polar surface area (TPSA) is 41.1 Å². The molecular weight excluding hydrogens is 243 g/mol. The van der Waals surface area contributed by atoms with Gasteiger partial charge in [-0.3, -0.25) is 0 Å². The monoisotopic (exact) mass is 264 g/mol. The minimum absolute atomic E-state index is 0.220. The summed E-state index contributed by atoms with van der Waals surface area (Å²) in [6.45, 7) is 6.63. The minimum Gasteiger partial charge on any atom is -0.338 e. The lowest BCUT2D eigenvalue weighted by Crippen LogP contribution is -2.33. The van der Waals surface area contributed by atoms with Crippen LogP contribution in [0.5, 0.6) is 0 Å². The van der Waals surface area contributed by atoms with Crippen LogP contribution in [0.3, 0.4) is 0 Å². The van der Waals surface area contributed by atoms with Crippen LogP contribution in [0.4, 0.5) is 9.18 Å². The van der Waals surface area contributed by atoms with Gasteiger partial charge in [0.05, 0.1) is 0 Å². The van der Waals surface area contributed by atoms with E-state index in [1.54, 1.807) is 18.3 Å². The second kappa shape index (κ2) is 7.56. The first kappa shape index (κ1) is 15.2. The van der Waals surface area contributed by atoms with Gasteiger partial charge < -0.3 is 10.6 Å². The summed E-state index contributed by atoms with van der Waals surface area (Å²) in [7, 11) is 0. The highest BCUT2D eigenvalue weighted by Gasteiger charge is 2.00. The van der Waals surface area contributed by atoms with Crippen LogP contribution in [-0.4, -0.2) is 12.6 Å². The molecule has 0 saturated heterocycles. The van der Waals surface area contributed by atoms with Crippen molar-refractivity contribution in [3.63, 3.8) is 0 Å². The van der Waals surface area contributed by atoms with E-state index in [1.165, 1.54) is 12.1 Å². The van der Waals surface area contributed by atoms with Gasteiger partial charge in [-0.15, -0.1) is 0 Å². The molecule has 0 radical (unpaired) electrons. The van der Waals surface area contributed by atoms with E-state index in [1.807, 2.05) is 6.92 Å². The van der Waals surface area contributed by atoms with Gasteiger partial charge >= 0.3 is 6.03 Å². The first-order valence-corrected chi connectivity index (χ1v) is 6.44. The van der Waals surface area contributed by atoms with E-state index >= 15 is 0 Å². The number of carbonyl (C=O) groups excluding carboxylic acids is 1. The Morgan fingerprint density at radius 2 is 1.95 bits per heavy atom. The lowest BCUT2D eigenvalue weighted by atomic mass is 10.1. The summed E-state index contributed by atoms with van der Waals surface area (Å²) in [6.07, 6.45) is 2.40. The third kappa shape index (κ3) is 6.04. The molecule has 19 heavy (non-hydrogen) atoms. The van der Waals surface area contributed by atoms with Crippen LogP contribution in [0, 0.1) is 11.7 Å². The van der Waals surface area contributed by atoms with E-state index in [-0.39, 0.29) is 11.8 Å². The molecule has 0 spiro atoms. The van der Waals surface area contributed by atoms with Gasteiger partial charge in [0.2, 0.25) is 0 Å². The lowest BCUT2D eigenvalue weighted by Gasteiger charge is -2.07. The normalized spacial score (nSPS) is 11.5. The van der Waals surface area contributed by atoms with E-state index in [9.17, 15) is 9.18 Å². The van der Waals surface area contributed by atoms with Crippen LogP contribution < -0.4 is 10.6 Å². The predicted octanol–water partition coefficient (Wildman–Crippen LogP) is 3.23. The summed E-state index contributed by atoms with van der Waals surface area (Å²) in [6, 6.07) is 6.06. The summed E-state index contributed by atoms with van der Waals surface area (Å²) in [4.78, 5) is 11.5. The van der Waals surface area contributed by atoms with Crippen LogP contribution >= 0.6 is 0 Å². The molecule has 0 aromatic heterocycles. The molecular formula is C15H21FN2O. The third-order valence-electron chi connectivity index (χ3n) is 2.95. The summed E-state index contributed by atoms with van der Waals surface area (Å²) in [5.74, 6) is 0.170. The van der Waals surface area contributed by atoms with Crippen LogP contribution in [0.25, 0.3) is 0 Å². The largest absolute Gasteiger partial charge is 0.338 e. The van der Waals surface area contributed by atoms with Gasteiger partial charge in [0.1, 0.15) is 5.82 Å². The number of hydrogen-bond donors (Lipinski definition) is 2. The molecule has 0 saturated carbocycles. The van der Waals surface area contributed by atoms with E-state index < -0.39 is 0 Å². The van der Waals surface area contributed by atoms with Gasteiger partial charge in [0.15, 0.2) is 0 Å². The number of urea groups is 1. The minimum atomic E-state index is -0.247.